The predicted molar refractivity (Wildman–Crippen MR) is 76.8 cm³/mol. The van der Waals surface area contributed by atoms with Gasteiger partial charge in [0.1, 0.15) is 13.2 Å². The van der Waals surface area contributed by atoms with Crippen molar-refractivity contribution in [3.8, 4) is 11.5 Å². The maximum absolute atomic E-state index is 5.71. The number of hydrogen-bond acceptors (Lipinski definition) is 6. The van der Waals surface area contributed by atoms with Gasteiger partial charge in [0, 0.05) is 32.2 Å². The van der Waals surface area contributed by atoms with Crippen LogP contribution in [0, 0.1) is 0 Å². The number of hydrogen-bond donors (Lipinski definition) is 1. The van der Waals surface area contributed by atoms with Crippen LogP contribution in [0.15, 0.2) is 12.3 Å². The van der Waals surface area contributed by atoms with Crippen LogP contribution in [0.1, 0.15) is 5.69 Å². The summed E-state index contributed by atoms with van der Waals surface area (Å²) in [6, 6.07) is 1.96. The SMILES string of the molecule is BN(Cc1cc2c(cn1)OCCO2)CC1CNCCO1. The minimum atomic E-state index is 0.256. The Balaban J connectivity index is 1.56. The lowest BCUT2D eigenvalue weighted by Crippen LogP contribution is -2.44. The number of nitrogens with zero attached hydrogens (tertiary/aromatic N) is 2. The van der Waals surface area contributed by atoms with Crippen molar-refractivity contribution in [2.24, 2.45) is 0 Å². The van der Waals surface area contributed by atoms with Crippen molar-refractivity contribution in [2.75, 3.05) is 39.5 Å². The lowest BCUT2D eigenvalue weighted by molar-refractivity contribution is 0.0174. The van der Waals surface area contributed by atoms with Crippen molar-refractivity contribution in [3.63, 3.8) is 0 Å². The molecule has 1 fully saturated rings. The first-order valence-electron chi connectivity index (χ1n) is 7.06. The maximum atomic E-state index is 5.71. The van der Waals surface area contributed by atoms with Gasteiger partial charge in [-0.3, -0.25) is 4.98 Å². The van der Waals surface area contributed by atoms with Crippen LogP contribution in [0.3, 0.4) is 0 Å². The molecule has 0 aromatic carbocycles. The Morgan fingerprint density at radius 1 is 1.30 bits per heavy atom. The molecule has 3 rings (SSSR count). The molecular weight excluding hydrogens is 257 g/mol. The normalized spacial score (nSPS) is 21.9. The monoisotopic (exact) mass is 277 g/mol. The predicted octanol–water partition coefficient (Wildman–Crippen LogP) is -0.809. The topological polar surface area (TPSA) is 55.9 Å². The molecule has 0 aliphatic carbocycles. The smallest absolute Gasteiger partial charge is 0.186 e. The minimum Gasteiger partial charge on any atom is -0.486 e. The third-order valence-corrected chi connectivity index (χ3v) is 3.44. The van der Waals surface area contributed by atoms with Crippen LogP contribution in [-0.4, -0.2) is 63.3 Å². The Hall–Kier alpha value is -1.31. The molecule has 20 heavy (non-hydrogen) atoms. The second-order valence-corrected chi connectivity index (χ2v) is 5.21. The Morgan fingerprint density at radius 2 is 2.15 bits per heavy atom. The third kappa shape index (κ3) is 3.42. The van der Waals surface area contributed by atoms with Crippen LogP contribution in [-0.2, 0) is 11.3 Å². The molecule has 108 valence electrons. The van der Waals surface area contributed by atoms with Gasteiger partial charge in [0.15, 0.2) is 19.5 Å². The van der Waals surface area contributed by atoms with E-state index in [2.05, 4.69) is 23.1 Å². The van der Waals surface area contributed by atoms with Crippen LogP contribution >= 0.6 is 0 Å². The molecule has 0 saturated carbocycles. The first-order chi connectivity index (χ1) is 9.81. The van der Waals surface area contributed by atoms with Crippen LogP contribution in [0.4, 0.5) is 0 Å². The number of rotatable bonds is 4. The van der Waals surface area contributed by atoms with E-state index < -0.39 is 0 Å². The van der Waals surface area contributed by atoms with E-state index in [0.29, 0.717) is 13.2 Å². The molecule has 1 aromatic rings. The second-order valence-electron chi connectivity index (χ2n) is 5.21. The van der Waals surface area contributed by atoms with E-state index in [1.165, 1.54) is 0 Å². The van der Waals surface area contributed by atoms with Crippen LogP contribution in [0.5, 0.6) is 11.5 Å². The summed E-state index contributed by atoms with van der Waals surface area (Å²) in [4.78, 5) is 6.64. The van der Waals surface area contributed by atoms with Gasteiger partial charge in [-0.2, -0.15) is 0 Å². The quantitative estimate of drug-likeness (QED) is 0.727. The second kappa shape index (κ2) is 6.43. The maximum Gasteiger partial charge on any atom is 0.186 e. The highest BCUT2D eigenvalue weighted by Crippen LogP contribution is 2.29. The summed E-state index contributed by atoms with van der Waals surface area (Å²) in [5.74, 6) is 1.53. The standard InChI is InChI=1S/C13H20BN3O3/c14-17(9-11-6-15-1-2-18-11)8-10-5-12-13(7-16-10)20-4-3-19-12/h5,7,11,15H,1-4,6,8-9,14H2. The van der Waals surface area contributed by atoms with E-state index in [9.17, 15) is 0 Å². The molecule has 1 saturated heterocycles. The minimum absolute atomic E-state index is 0.256. The fraction of sp³-hybridized carbons (Fsp3) is 0.615. The largest absolute Gasteiger partial charge is 0.486 e. The van der Waals surface area contributed by atoms with Gasteiger partial charge in [-0.15, -0.1) is 0 Å². The molecule has 1 unspecified atom stereocenters. The van der Waals surface area contributed by atoms with E-state index >= 15 is 0 Å². The number of ether oxygens (including phenoxy) is 3. The van der Waals surface area contributed by atoms with Gasteiger partial charge in [-0.1, -0.05) is 0 Å². The zero-order chi connectivity index (χ0) is 13.8. The molecular formula is C13H20BN3O3. The highest BCUT2D eigenvalue weighted by molar-refractivity contribution is 6.04. The summed E-state index contributed by atoms with van der Waals surface area (Å²) in [5, 5.41) is 3.34. The molecule has 3 heterocycles. The molecule has 6 nitrogen and oxygen atoms in total. The third-order valence-electron chi connectivity index (χ3n) is 3.44. The highest BCUT2D eigenvalue weighted by atomic mass is 16.6. The summed E-state index contributed by atoms with van der Waals surface area (Å²) >= 11 is 0. The zero-order valence-corrected chi connectivity index (χ0v) is 11.8. The van der Waals surface area contributed by atoms with Crippen molar-refractivity contribution in [3.05, 3.63) is 18.0 Å². The number of pyridine rings is 1. The zero-order valence-electron chi connectivity index (χ0n) is 11.8. The average Bonchev–Trinajstić information content (AvgIpc) is 2.48. The van der Waals surface area contributed by atoms with Gasteiger partial charge in [0.2, 0.25) is 0 Å². The Kier molecular flexibility index (Phi) is 4.39. The van der Waals surface area contributed by atoms with Gasteiger partial charge in [-0.05, 0) is 0 Å². The molecule has 1 atom stereocenters. The molecule has 0 bridgehead atoms. The lowest BCUT2D eigenvalue weighted by atomic mass is 10.2. The molecule has 1 N–H and O–H groups in total. The Labute approximate surface area is 119 Å². The molecule has 2 aliphatic heterocycles. The number of aromatic nitrogens is 1. The van der Waals surface area contributed by atoms with E-state index in [0.717, 1.165) is 50.0 Å². The molecule has 0 amide bonds. The average molecular weight is 277 g/mol. The summed E-state index contributed by atoms with van der Waals surface area (Å²) in [6.45, 7) is 5.52. The fourth-order valence-corrected chi connectivity index (χ4v) is 2.50. The molecule has 7 heteroatoms. The van der Waals surface area contributed by atoms with E-state index in [4.69, 9.17) is 14.2 Å². The Morgan fingerprint density at radius 3 is 2.95 bits per heavy atom. The van der Waals surface area contributed by atoms with Crippen molar-refractivity contribution < 1.29 is 14.2 Å². The summed E-state index contributed by atoms with van der Waals surface area (Å²) in [6.07, 6.45) is 2.00. The Bertz CT molecular complexity index is 454. The van der Waals surface area contributed by atoms with Gasteiger partial charge < -0.3 is 24.3 Å². The van der Waals surface area contributed by atoms with E-state index in [-0.39, 0.29) is 6.10 Å². The van der Waals surface area contributed by atoms with Crippen LogP contribution < -0.4 is 14.8 Å². The molecule has 2 aliphatic rings. The summed E-state index contributed by atoms with van der Waals surface area (Å²) < 4.78 is 16.8. The van der Waals surface area contributed by atoms with Gasteiger partial charge in [0.25, 0.3) is 0 Å². The van der Waals surface area contributed by atoms with Crippen molar-refractivity contribution >= 4 is 7.98 Å². The van der Waals surface area contributed by atoms with Gasteiger partial charge in [-0.25, -0.2) is 0 Å². The molecule has 1 aromatic heterocycles. The molecule has 0 radical (unpaired) electrons. The van der Waals surface area contributed by atoms with Gasteiger partial charge in [0.05, 0.1) is 24.6 Å². The number of nitrogens with one attached hydrogen (secondary N) is 1. The van der Waals surface area contributed by atoms with Crippen molar-refractivity contribution in [2.45, 2.75) is 12.6 Å². The van der Waals surface area contributed by atoms with Gasteiger partial charge >= 0.3 is 0 Å². The van der Waals surface area contributed by atoms with Crippen molar-refractivity contribution in [1.82, 2.24) is 15.1 Å². The van der Waals surface area contributed by atoms with Crippen LogP contribution in [0.2, 0.25) is 0 Å². The summed E-state index contributed by atoms with van der Waals surface area (Å²) in [7, 11) is 2.08. The fourth-order valence-electron chi connectivity index (χ4n) is 2.50. The lowest BCUT2D eigenvalue weighted by Gasteiger charge is -2.28. The first kappa shape index (κ1) is 13.7. The molecule has 0 spiro atoms. The van der Waals surface area contributed by atoms with E-state index in [1.807, 2.05) is 6.07 Å². The highest BCUT2D eigenvalue weighted by Gasteiger charge is 2.17. The first-order valence-corrected chi connectivity index (χ1v) is 7.06. The summed E-state index contributed by atoms with van der Waals surface area (Å²) in [5.41, 5.74) is 0.987. The number of morpholine rings is 1. The van der Waals surface area contributed by atoms with E-state index in [1.54, 1.807) is 6.20 Å². The van der Waals surface area contributed by atoms with Crippen LogP contribution in [0.25, 0.3) is 0 Å². The van der Waals surface area contributed by atoms with Crippen molar-refractivity contribution in [1.29, 1.82) is 0 Å². The number of fused-ring (bicyclic) bond motifs is 1.